The van der Waals surface area contributed by atoms with Crippen LogP contribution in [0.25, 0.3) is 0 Å². The predicted molar refractivity (Wildman–Crippen MR) is 73.7 cm³/mol. The van der Waals surface area contributed by atoms with E-state index >= 15 is 0 Å². The van der Waals surface area contributed by atoms with Gasteiger partial charge in [0.15, 0.2) is 0 Å². The molecule has 0 saturated carbocycles. The van der Waals surface area contributed by atoms with Gasteiger partial charge in [-0.1, -0.05) is 0 Å². The number of anilines is 1. The molecule has 0 spiro atoms. The highest BCUT2D eigenvalue weighted by Crippen LogP contribution is 2.42. The van der Waals surface area contributed by atoms with E-state index in [1.165, 1.54) is 13.1 Å². The average Bonchev–Trinajstić information content (AvgIpc) is 2.57. The smallest absolute Gasteiger partial charge is 0.240 e. The van der Waals surface area contributed by atoms with Gasteiger partial charge >= 0.3 is 0 Å². The van der Waals surface area contributed by atoms with E-state index in [1.54, 1.807) is 17.0 Å². The fraction of sp³-hybridized carbons (Fsp3) is 0.462. The van der Waals surface area contributed by atoms with Crippen molar-refractivity contribution in [3.8, 4) is 0 Å². The summed E-state index contributed by atoms with van der Waals surface area (Å²) in [5.41, 5.74) is 0.869. The maximum absolute atomic E-state index is 12.3. The number of sulfonamides is 1. The van der Waals surface area contributed by atoms with Crippen molar-refractivity contribution in [2.75, 3.05) is 18.5 Å². The van der Waals surface area contributed by atoms with E-state index in [-0.39, 0.29) is 10.8 Å². The lowest BCUT2D eigenvalue weighted by molar-refractivity contribution is -0.122. The molecule has 2 rings (SSSR count). The fourth-order valence-electron chi connectivity index (χ4n) is 2.41. The zero-order valence-electron chi connectivity index (χ0n) is 11.5. The second-order valence-corrected chi connectivity index (χ2v) is 6.95. The van der Waals surface area contributed by atoms with E-state index in [0.29, 0.717) is 6.54 Å². The fourth-order valence-corrected chi connectivity index (χ4v) is 3.17. The highest BCUT2D eigenvalue weighted by molar-refractivity contribution is 7.89. The van der Waals surface area contributed by atoms with Crippen LogP contribution in [0.3, 0.4) is 0 Å². The molecule has 0 atom stereocenters. The molecule has 1 aliphatic heterocycles. The topological polar surface area (TPSA) is 66.5 Å². The van der Waals surface area contributed by atoms with Gasteiger partial charge in [-0.2, -0.15) is 0 Å². The minimum Gasteiger partial charge on any atom is -0.312 e. The SMILES string of the molecule is CCN1C(=O)C(C)(C)c2cc(S(=O)(=O)NC)ccc21. The lowest BCUT2D eigenvalue weighted by atomic mass is 9.86. The number of nitrogens with zero attached hydrogens (tertiary/aromatic N) is 1. The van der Waals surface area contributed by atoms with Gasteiger partial charge in [-0.05, 0) is 51.6 Å². The van der Waals surface area contributed by atoms with Gasteiger partial charge in [-0.15, -0.1) is 0 Å². The molecule has 1 N–H and O–H groups in total. The van der Waals surface area contributed by atoms with Crippen LogP contribution in [0.1, 0.15) is 26.3 Å². The molecule has 104 valence electrons. The average molecular weight is 282 g/mol. The molecular weight excluding hydrogens is 264 g/mol. The van der Waals surface area contributed by atoms with E-state index in [4.69, 9.17) is 0 Å². The number of rotatable bonds is 3. The maximum atomic E-state index is 12.3. The van der Waals surface area contributed by atoms with Gasteiger partial charge in [0, 0.05) is 12.2 Å². The molecule has 1 heterocycles. The molecule has 0 unspecified atom stereocenters. The first-order valence-electron chi connectivity index (χ1n) is 6.15. The van der Waals surface area contributed by atoms with Crippen LogP contribution in [-0.2, 0) is 20.2 Å². The minimum atomic E-state index is -3.49. The van der Waals surface area contributed by atoms with Crippen molar-refractivity contribution >= 4 is 21.6 Å². The van der Waals surface area contributed by atoms with E-state index in [0.717, 1.165) is 11.3 Å². The zero-order valence-corrected chi connectivity index (χ0v) is 12.3. The molecule has 0 saturated heterocycles. The largest absolute Gasteiger partial charge is 0.312 e. The number of benzene rings is 1. The van der Waals surface area contributed by atoms with Crippen molar-refractivity contribution in [3.05, 3.63) is 23.8 Å². The maximum Gasteiger partial charge on any atom is 0.240 e. The summed E-state index contributed by atoms with van der Waals surface area (Å²) in [6.45, 7) is 6.12. The van der Waals surface area contributed by atoms with Crippen LogP contribution < -0.4 is 9.62 Å². The van der Waals surface area contributed by atoms with Gasteiger partial charge in [0.25, 0.3) is 0 Å². The summed E-state index contributed by atoms with van der Waals surface area (Å²) in [5.74, 6) is 0.00371. The molecule has 0 aromatic heterocycles. The highest BCUT2D eigenvalue weighted by Gasteiger charge is 2.43. The quantitative estimate of drug-likeness (QED) is 0.907. The van der Waals surface area contributed by atoms with Gasteiger partial charge in [-0.3, -0.25) is 4.79 Å². The Morgan fingerprint density at radius 2 is 1.95 bits per heavy atom. The Bertz CT molecular complexity index is 635. The van der Waals surface area contributed by atoms with E-state index in [9.17, 15) is 13.2 Å². The van der Waals surface area contributed by atoms with Crippen LogP contribution in [0.5, 0.6) is 0 Å². The predicted octanol–water partition coefficient (Wildman–Crippen LogP) is 1.24. The molecule has 0 aliphatic carbocycles. The molecule has 0 bridgehead atoms. The Hall–Kier alpha value is -1.40. The number of hydrogen-bond acceptors (Lipinski definition) is 3. The lowest BCUT2D eigenvalue weighted by Crippen LogP contribution is -2.35. The number of nitrogens with one attached hydrogen (secondary N) is 1. The summed E-state index contributed by atoms with van der Waals surface area (Å²) in [6, 6.07) is 4.83. The highest BCUT2D eigenvalue weighted by atomic mass is 32.2. The summed E-state index contributed by atoms with van der Waals surface area (Å²) >= 11 is 0. The van der Waals surface area contributed by atoms with E-state index < -0.39 is 15.4 Å². The van der Waals surface area contributed by atoms with Crippen LogP contribution in [0.4, 0.5) is 5.69 Å². The third-order valence-electron chi connectivity index (χ3n) is 3.61. The normalized spacial score (nSPS) is 17.7. The van der Waals surface area contributed by atoms with Gasteiger partial charge in [-0.25, -0.2) is 13.1 Å². The molecule has 0 fully saturated rings. The zero-order chi connectivity index (χ0) is 14.4. The van der Waals surface area contributed by atoms with Crippen LogP contribution in [0, 0.1) is 0 Å². The Morgan fingerprint density at radius 3 is 2.47 bits per heavy atom. The van der Waals surface area contributed by atoms with Gasteiger partial charge in [0.2, 0.25) is 15.9 Å². The van der Waals surface area contributed by atoms with Gasteiger partial charge in [0.1, 0.15) is 0 Å². The second kappa shape index (κ2) is 4.31. The minimum absolute atomic E-state index is 0.00371. The molecular formula is C13H18N2O3S. The molecule has 6 heteroatoms. The molecule has 1 aromatic rings. The first-order valence-corrected chi connectivity index (χ1v) is 7.64. The van der Waals surface area contributed by atoms with Gasteiger partial charge < -0.3 is 4.90 Å². The molecule has 1 aliphatic rings. The van der Waals surface area contributed by atoms with E-state index in [2.05, 4.69) is 4.72 Å². The van der Waals surface area contributed by atoms with Crippen molar-refractivity contribution < 1.29 is 13.2 Å². The van der Waals surface area contributed by atoms with Gasteiger partial charge in [0.05, 0.1) is 10.3 Å². The van der Waals surface area contributed by atoms with Crippen molar-refractivity contribution in [2.45, 2.75) is 31.1 Å². The van der Waals surface area contributed by atoms with Crippen molar-refractivity contribution in [1.82, 2.24) is 4.72 Å². The van der Waals surface area contributed by atoms with Crippen molar-refractivity contribution in [3.63, 3.8) is 0 Å². The summed E-state index contributed by atoms with van der Waals surface area (Å²) < 4.78 is 26.0. The Labute approximate surface area is 113 Å². The molecule has 1 amide bonds. The number of fused-ring (bicyclic) bond motifs is 1. The van der Waals surface area contributed by atoms with Crippen molar-refractivity contribution in [2.24, 2.45) is 0 Å². The monoisotopic (exact) mass is 282 g/mol. The van der Waals surface area contributed by atoms with Crippen LogP contribution in [0.15, 0.2) is 23.1 Å². The Balaban J connectivity index is 2.65. The lowest BCUT2D eigenvalue weighted by Gasteiger charge is -2.18. The molecule has 1 aromatic carbocycles. The second-order valence-electron chi connectivity index (χ2n) is 5.06. The number of amides is 1. The Morgan fingerprint density at radius 1 is 1.32 bits per heavy atom. The molecule has 5 nitrogen and oxygen atoms in total. The van der Waals surface area contributed by atoms with Crippen LogP contribution in [0.2, 0.25) is 0 Å². The summed E-state index contributed by atoms with van der Waals surface area (Å²) in [5, 5.41) is 0. The summed E-state index contributed by atoms with van der Waals surface area (Å²) in [4.78, 5) is 14.2. The third kappa shape index (κ3) is 1.95. The number of hydrogen-bond donors (Lipinski definition) is 1. The summed E-state index contributed by atoms with van der Waals surface area (Å²) in [6.07, 6.45) is 0. The number of carbonyl (C=O) groups is 1. The first-order chi connectivity index (χ1) is 8.75. The molecule has 19 heavy (non-hydrogen) atoms. The van der Waals surface area contributed by atoms with Crippen LogP contribution in [-0.4, -0.2) is 27.9 Å². The number of carbonyl (C=O) groups excluding carboxylic acids is 1. The van der Waals surface area contributed by atoms with E-state index in [1.807, 2.05) is 20.8 Å². The third-order valence-corrected chi connectivity index (χ3v) is 5.02. The number of likely N-dealkylation sites (N-methyl/N-ethyl adjacent to an activating group) is 1. The summed E-state index contributed by atoms with van der Waals surface area (Å²) in [7, 11) is -2.12. The molecule has 0 radical (unpaired) electrons. The standard InChI is InChI=1S/C13H18N2O3S/c1-5-15-11-7-6-9(19(17,18)14-4)8-10(11)13(2,3)12(15)16/h6-8,14H,5H2,1-4H3. The Kier molecular flexibility index (Phi) is 3.18. The van der Waals surface area contributed by atoms with Crippen molar-refractivity contribution in [1.29, 1.82) is 0 Å². The first kappa shape index (κ1) is 14.0. The van der Waals surface area contributed by atoms with Crippen LogP contribution >= 0.6 is 0 Å².